The van der Waals surface area contributed by atoms with Crippen LogP contribution in [0.3, 0.4) is 0 Å². The Morgan fingerprint density at radius 3 is 2.35 bits per heavy atom. The summed E-state index contributed by atoms with van der Waals surface area (Å²) >= 11 is 5.61. The third kappa shape index (κ3) is 4.19. The van der Waals surface area contributed by atoms with Gasteiger partial charge in [0.15, 0.2) is 16.7 Å². The van der Waals surface area contributed by atoms with Gasteiger partial charge >= 0.3 is 0 Å². The number of nitrogens with one attached hydrogen (secondary N) is 2. The number of nitrogens with zero attached hydrogens (tertiary/aromatic N) is 2. The van der Waals surface area contributed by atoms with Gasteiger partial charge in [-0.1, -0.05) is 11.6 Å². The molecule has 0 bridgehead atoms. The van der Waals surface area contributed by atoms with Gasteiger partial charge in [-0.05, 0) is 55.5 Å². The van der Waals surface area contributed by atoms with Crippen LogP contribution in [0, 0.1) is 6.92 Å². The van der Waals surface area contributed by atoms with Crippen LogP contribution in [0.15, 0.2) is 57.8 Å². The van der Waals surface area contributed by atoms with Gasteiger partial charge in [0.25, 0.3) is 15.9 Å². The lowest BCUT2D eigenvalue weighted by Gasteiger charge is -2.08. The van der Waals surface area contributed by atoms with E-state index in [-0.39, 0.29) is 21.6 Å². The molecule has 3 rings (SSSR count). The number of hydrogen-bond acceptors (Lipinski definition) is 6. The third-order valence-electron chi connectivity index (χ3n) is 3.26. The second-order valence-corrected chi connectivity index (χ2v) is 7.31. The van der Waals surface area contributed by atoms with E-state index in [1.165, 1.54) is 36.4 Å². The van der Waals surface area contributed by atoms with Gasteiger partial charge in [0.2, 0.25) is 0 Å². The quantitative estimate of drug-likeness (QED) is 0.689. The zero-order chi connectivity index (χ0) is 18.7. The van der Waals surface area contributed by atoms with Crippen molar-refractivity contribution in [1.82, 2.24) is 10.2 Å². The molecule has 0 saturated carbocycles. The van der Waals surface area contributed by atoms with Crippen LogP contribution in [0.4, 0.5) is 11.5 Å². The summed E-state index contributed by atoms with van der Waals surface area (Å²) in [6.07, 6.45) is 0. The lowest BCUT2D eigenvalue weighted by atomic mass is 10.3. The number of hydrogen-bond donors (Lipinski definition) is 2. The van der Waals surface area contributed by atoms with E-state index in [1.807, 2.05) is 0 Å². The Kier molecular flexibility index (Phi) is 4.92. The Hall–Kier alpha value is -2.91. The fourth-order valence-corrected chi connectivity index (χ4v) is 3.13. The van der Waals surface area contributed by atoms with E-state index in [0.29, 0.717) is 11.4 Å². The number of anilines is 2. The molecule has 0 aliphatic carbocycles. The maximum Gasteiger partial charge on any atom is 0.291 e. The number of halogens is 1. The molecule has 8 nitrogen and oxygen atoms in total. The second kappa shape index (κ2) is 7.14. The van der Waals surface area contributed by atoms with Crippen molar-refractivity contribution in [1.29, 1.82) is 0 Å². The SMILES string of the molecule is Cc1ccc(C(=O)Nc2ccc(S(=O)(=O)Nc3ccc(Cl)nn3)cc2)o1. The summed E-state index contributed by atoms with van der Waals surface area (Å²) in [6, 6.07) is 11.7. The van der Waals surface area contributed by atoms with Crippen LogP contribution in [0.2, 0.25) is 5.15 Å². The molecule has 10 heteroatoms. The zero-order valence-electron chi connectivity index (χ0n) is 13.4. The molecule has 2 N–H and O–H groups in total. The lowest BCUT2D eigenvalue weighted by molar-refractivity contribution is 0.0995. The number of carbonyl (C=O) groups is 1. The molecular weight excluding hydrogens is 380 g/mol. The summed E-state index contributed by atoms with van der Waals surface area (Å²) in [5.74, 6) is 0.401. The molecule has 2 heterocycles. The maximum absolute atomic E-state index is 12.3. The van der Waals surface area contributed by atoms with Crippen molar-refractivity contribution < 1.29 is 17.6 Å². The topological polar surface area (TPSA) is 114 Å². The second-order valence-electron chi connectivity index (χ2n) is 5.24. The molecule has 2 aromatic heterocycles. The van der Waals surface area contributed by atoms with Crippen molar-refractivity contribution in [3.63, 3.8) is 0 Å². The molecule has 0 aliphatic heterocycles. The van der Waals surface area contributed by atoms with Gasteiger partial charge in [0, 0.05) is 5.69 Å². The molecule has 0 spiro atoms. The number of sulfonamides is 1. The van der Waals surface area contributed by atoms with Crippen LogP contribution >= 0.6 is 11.6 Å². The van der Waals surface area contributed by atoms with E-state index in [1.54, 1.807) is 19.1 Å². The summed E-state index contributed by atoms with van der Waals surface area (Å²) < 4.78 is 32.2. The summed E-state index contributed by atoms with van der Waals surface area (Å²) in [7, 11) is -3.85. The fourth-order valence-electron chi connectivity index (χ4n) is 2.03. The molecule has 0 atom stereocenters. The van der Waals surface area contributed by atoms with Gasteiger partial charge in [0.05, 0.1) is 4.90 Å². The average Bonchev–Trinajstić information content (AvgIpc) is 3.04. The molecule has 0 unspecified atom stereocenters. The summed E-state index contributed by atoms with van der Waals surface area (Å²) in [5, 5.41) is 9.98. The Balaban J connectivity index is 1.71. The smallest absolute Gasteiger partial charge is 0.291 e. The molecule has 0 aliphatic rings. The molecular formula is C16H13ClN4O4S. The van der Waals surface area contributed by atoms with Crippen molar-refractivity contribution in [2.75, 3.05) is 10.0 Å². The number of benzene rings is 1. The highest BCUT2D eigenvalue weighted by Crippen LogP contribution is 2.18. The largest absolute Gasteiger partial charge is 0.456 e. The molecule has 1 amide bonds. The number of amides is 1. The normalized spacial score (nSPS) is 11.2. The molecule has 26 heavy (non-hydrogen) atoms. The molecule has 0 fully saturated rings. The van der Waals surface area contributed by atoms with Gasteiger partial charge in [-0.15, -0.1) is 10.2 Å². The van der Waals surface area contributed by atoms with Crippen LogP contribution in [-0.2, 0) is 10.0 Å². The highest BCUT2D eigenvalue weighted by Gasteiger charge is 2.16. The first-order valence-electron chi connectivity index (χ1n) is 7.33. The predicted molar refractivity (Wildman–Crippen MR) is 95.7 cm³/mol. The number of furan rings is 1. The van der Waals surface area contributed by atoms with Crippen LogP contribution in [0.5, 0.6) is 0 Å². The van der Waals surface area contributed by atoms with Gasteiger partial charge in [-0.25, -0.2) is 8.42 Å². The lowest BCUT2D eigenvalue weighted by Crippen LogP contribution is -2.15. The summed E-state index contributed by atoms with van der Waals surface area (Å²) in [6.45, 7) is 1.73. The summed E-state index contributed by atoms with van der Waals surface area (Å²) in [5.41, 5.74) is 0.425. The minimum Gasteiger partial charge on any atom is -0.456 e. The van der Waals surface area contributed by atoms with Crippen molar-refractivity contribution in [3.05, 3.63) is 65.2 Å². The van der Waals surface area contributed by atoms with Crippen LogP contribution in [0.25, 0.3) is 0 Å². The first-order valence-corrected chi connectivity index (χ1v) is 9.19. The number of rotatable bonds is 5. The minimum atomic E-state index is -3.85. The van der Waals surface area contributed by atoms with Crippen molar-refractivity contribution in [2.45, 2.75) is 11.8 Å². The van der Waals surface area contributed by atoms with E-state index in [0.717, 1.165) is 0 Å². The van der Waals surface area contributed by atoms with Crippen LogP contribution in [0.1, 0.15) is 16.3 Å². The van der Waals surface area contributed by atoms with Crippen molar-refractivity contribution in [2.24, 2.45) is 0 Å². The van der Waals surface area contributed by atoms with Crippen LogP contribution < -0.4 is 10.0 Å². The van der Waals surface area contributed by atoms with Crippen molar-refractivity contribution in [3.8, 4) is 0 Å². The van der Waals surface area contributed by atoms with Gasteiger partial charge in [-0.3, -0.25) is 9.52 Å². The first-order chi connectivity index (χ1) is 12.3. The van der Waals surface area contributed by atoms with E-state index >= 15 is 0 Å². The van der Waals surface area contributed by atoms with Crippen LogP contribution in [-0.4, -0.2) is 24.5 Å². The third-order valence-corrected chi connectivity index (χ3v) is 4.83. The fraction of sp³-hybridized carbons (Fsp3) is 0.0625. The number of aromatic nitrogens is 2. The zero-order valence-corrected chi connectivity index (χ0v) is 15.0. The van der Waals surface area contributed by atoms with E-state index < -0.39 is 15.9 Å². The van der Waals surface area contributed by atoms with E-state index in [4.69, 9.17) is 16.0 Å². The predicted octanol–water partition coefficient (Wildman–Crippen LogP) is 3.08. The average molecular weight is 393 g/mol. The number of aryl methyl sites for hydroxylation is 1. The Labute approximate surface area is 154 Å². The van der Waals surface area contributed by atoms with E-state index in [9.17, 15) is 13.2 Å². The number of carbonyl (C=O) groups excluding carboxylic acids is 1. The molecule has 1 aromatic carbocycles. The Morgan fingerprint density at radius 1 is 1.04 bits per heavy atom. The monoisotopic (exact) mass is 392 g/mol. The van der Waals surface area contributed by atoms with Gasteiger partial charge < -0.3 is 9.73 Å². The Bertz CT molecular complexity index is 1030. The molecule has 0 radical (unpaired) electrons. The summed E-state index contributed by atoms with van der Waals surface area (Å²) in [4.78, 5) is 12.0. The van der Waals surface area contributed by atoms with Gasteiger partial charge in [-0.2, -0.15) is 0 Å². The highest BCUT2D eigenvalue weighted by molar-refractivity contribution is 7.92. The first kappa shape index (κ1) is 17.9. The molecule has 134 valence electrons. The maximum atomic E-state index is 12.3. The minimum absolute atomic E-state index is 0.00101. The highest BCUT2D eigenvalue weighted by atomic mass is 35.5. The van der Waals surface area contributed by atoms with E-state index in [2.05, 4.69) is 20.2 Å². The Morgan fingerprint density at radius 2 is 1.77 bits per heavy atom. The molecule has 0 saturated heterocycles. The molecule has 3 aromatic rings. The van der Waals surface area contributed by atoms with Gasteiger partial charge in [0.1, 0.15) is 5.76 Å². The standard InChI is InChI=1S/C16H13ClN4O4S/c1-10-2-7-13(25-10)16(22)18-11-3-5-12(6-4-11)26(23,24)21-15-9-8-14(17)19-20-15/h2-9H,1H3,(H,18,22)(H,20,21). The van der Waals surface area contributed by atoms with Crippen molar-refractivity contribution >= 4 is 39.0 Å².